The van der Waals surface area contributed by atoms with Crippen LogP contribution in [0.25, 0.3) is 5.69 Å². The number of rotatable bonds is 3. The van der Waals surface area contributed by atoms with E-state index in [0.717, 1.165) is 24.9 Å². The van der Waals surface area contributed by atoms with E-state index in [1.54, 1.807) is 17.2 Å². The van der Waals surface area contributed by atoms with Crippen molar-refractivity contribution in [2.75, 3.05) is 0 Å². The Hall–Kier alpha value is -1.68. The number of nitrogens with zero attached hydrogens (tertiary/aromatic N) is 3. The molecule has 0 atom stereocenters. The minimum atomic E-state index is 0.0518. The predicted octanol–water partition coefficient (Wildman–Crippen LogP) is 1.30. The van der Waals surface area contributed by atoms with Gasteiger partial charge in [-0.2, -0.15) is 15.0 Å². The van der Waals surface area contributed by atoms with Crippen molar-refractivity contribution in [2.24, 2.45) is 5.73 Å². The van der Waals surface area contributed by atoms with E-state index in [4.69, 9.17) is 5.73 Å². The summed E-state index contributed by atoms with van der Waals surface area (Å²) in [5, 5.41) is 8.23. The Kier molecular flexibility index (Phi) is 2.04. The molecule has 0 bridgehead atoms. The van der Waals surface area contributed by atoms with Crippen LogP contribution in [0.15, 0.2) is 36.7 Å². The monoisotopic (exact) mass is 214 g/mol. The summed E-state index contributed by atoms with van der Waals surface area (Å²) < 4.78 is 0. The molecule has 2 aromatic rings. The molecule has 4 heteroatoms. The highest BCUT2D eigenvalue weighted by molar-refractivity contribution is 5.35. The Bertz CT molecular complexity index is 485. The molecule has 1 aromatic carbocycles. The molecule has 2 N–H and O–H groups in total. The summed E-state index contributed by atoms with van der Waals surface area (Å²) in [6.45, 7) is 0. The highest BCUT2D eigenvalue weighted by Gasteiger charge is 2.37. The summed E-state index contributed by atoms with van der Waals surface area (Å²) >= 11 is 0. The molecule has 0 amide bonds. The normalized spacial score (nSPS) is 17.3. The first-order valence-corrected chi connectivity index (χ1v) is 5.50. The van der Waals surface area contributed by atoms with Crippen LogP contribution in [0.1, 0.15) is 18.4 Å². The Morgan fingerprint density at radius 2 is 2.00 bits per heavy atom. The maximum Gasteiger partial charge on any atom is 0.0859 e. The lowest BCUT2D eigenvalue weighted by Crippen LogP contribution is -2.24. The molecular formula is C12H14N4. The summed E-state index contributed by atoms with van der Waals surface area (Å²) in [6.07, 6.45) is 6.58. The van der Waals surface area contributed by atoms with E-state index in [0.29, 0.717) is 0 Å². The molecule has 82 valence electrons. The first-order valence-electron chi connectivity index (χ1n) is 5.50. The predicted molar refractivity (Wildman–Crippen MR) is 61.2 cm³/mol. The van der Waals surface area contributed by atoms with Crippen LogP contribution in [-0.2, 0) is 6.42 Å². The molecule has 1 aromatic heterocycles. The van der Waals surface area contributed by atoms with Crippen molar-refractivity contribution in [1.82, 2.24) is 15.0 Å². The third-order valence-corrected chi connectivity index (χ3v) is 3.01. The van der Waals surface area contributed by atoms with Gasteiger partial charge >= 0.3 is 0 Å². The van der Waals surface area contributed by atoms with Gasteiger partial charge in [-0.15, -0.1) is 0 Å². The number of benzene rings is 1. The number of hydrogen-bond acceptors (Lipinski definition) is 3. The molecule has 0 saturated heterocycles. The minimum Gasteiger partial charge on any atom is -0.325 e. The zero-order valence-corrected chi connectivity index (χ0v) is 9.00. The lowest BCUT2D eigenvalue weighted by Gasteiger charge is -2.09. The molecule has 0 aliphatic heterocycles. The first-order chi connectivity index (χ1) is 7.75. The summed E-state index contributed by atoms with van der Waals surface area (Å²) in [5.41, 5.74) is 8.41. The smallest absolute Gasteiger partial charge is 0.0859 e. The number of nitrogens with two attached hydrogens (primary N) is 1. The summed E-state index contributed by atoms with van der Waals surface area (Å²) in [6, 6.07) is 8.24. The van der Waals surface area contributed by atoms with E-state index < -0.39 is 0 Å². The fourth-order valence-corrected chi connectivity index (χ4v) is 1.88. The average Bonchev–Trinajstić information content (AvgIpc) is 2.84. The van der Waals surface area contributed by atoms with Crippen LogP contribution in [0.4, 0.5) is 0 Å². The van der Waals surface area contributed by atoms with Crippen LogP contribution in [0.3, 0.4) is 0 Å². The van der Waals surface area contributed by atoms with Crippen molar-refractivity contribution >= 4 is 0 Å². The van der Waals surface area contributed by atoms with Crippen molar-refractivity contribution in [3.63, 3.8) is 0 Å². The molecule has 16 heavy (non-hydrogen) atoms. The van der Waals surface area contributed by atoms with Gasteiger partial charge in [-0.3, -0.25) is 0 Å². The SMILES string of the molecule is NC1(Cc2cccc(-n3nccn3)c2)CC1. The van der Waals surface area contributed by atoms with E-state index in [9.17, 15) is 0 Å². The van der Waals surface area contributed by atoms with Crippen LogP contribution in [0.2, 0.25) is 0 Å². The largest absolute Gasteiger partial charge is 0.325 e. The van der Waals surface area contributed by atoms with E-state index >= 15 is 0 Å². The van der Waals surface area contributed by atoms with Crippen LogP contribution in [0.5, 0.6) is 0 Å². The maximum absolute atomic E-state index is 6.11. The van der Waals surface area contributed by atoms with Gasteiger partial charge in [0.15, 0.2) is 0 Å². The zero-order chi connectivity index (χ0) is 11.0. The zero-order valence-electron chi connectivity index (χ0n) is 9.00. The quantitative estimate of drug-likeness (QED) is 0.837. The second-order valence-electron chi connectivity index (χ2n) is 4.53. The molecule has 1 fully saturated rings. The van der Waals surface area contributed by atoms with E-state index in [1.165, 1.54) is 5.56 Å². The van der Waals surface area contributed by atoms with Crippen molar-refractivity contribution in [3.8, 4) is 5.69 Å². The van der Waals surface area contributed by atoms with Gasteiger partial charge in [0.1, 0.15) is 0 Å². The molecule has 1 aliphatic rings. The van der Waals surface area contributed by atoms with Crippen molar-refractivity contribution in [2.45, 2.75) is 24.8 Å². The highest BCUT2D eigenvalue weighted by atomic mass is 15.5. The van der Waals surface area contributed by atoms with Crippen LogP contribution < -0.4 is 5.73 Å². The Labute approximate surface area is 94.1 Å². The summed E-state index contributed by atoms with van der Waals surface area (Å²) in [7, 11) is 0. The second-order valence-corrected chi connectivity index (χ2v) is 4.53. The van der Waals surface area contributed by atoms with Crippen molar-refractivity contribution in [3.05, 3.63) is 42.2 Å². The van der Waals surface area contributed by atoms with Gasteiger partial charge < -0.3 is 5.73 Å². The number of aromatic nitrogens is 3. The molecule has 1 aliphatic carbocycles. The lowest BCUT2D eigenvalue weighted by atomic mass is 10.0. The topological polar surface area (TPSA) is 56.7 Å². The Balaban J connectivity index is 1.88. The van der Waals surface area contributed by atoms with Crippen LogP contribution >= 0.6 is 0 Å². The van der Waals surface area contributed by atoms with E-state index in [-0.39, 0.29) is 5.54 Å². The Morgan fingerprint density at radius 3 is 2.69 bits per heavy atom. The number of hydrogen-bond donors (Lipinski definition) is 1. The fraction of sp³-hybridized carbons (Fsp3) is 0.333. The fourth-order valence-electron chi connectivity index (χ4n) is 1.88. The molecule has 0 radical (unpaired) electrons. The summed E-state index contributed by atoms with van der Waals surface area (Å²) in [4.78, 5) is 1.62. The van der Waals surface area contributed by atoms with Gasteiger partial charge in [-0.05, 0) is 37.0 Å². The molecule has 1 heterocycles. The van der Waals surface area contributed by atoms with Gasteiger partial charge in [0.05, 0.1) is 18.1 Å². The Morgan fingerprint density at radius 1 is 1.25 bits per heavy atom. The average molecular weight is 214 g/mol. The van der Waals surface area contributed by atoms with Crippen LogP contribution in [0, 0.1) is 0 Å². The molecule has 1 saturated carbocycles. The van der Waals surface area contributed by atoms with Crippen molar-refractivity contribution in [1.29, 1.82) is 0 Å². The van der Waals surface area contributed by atoms with Gasteiger partial charge in [0.25, 0.3) is 0 Å². The molecule has 4 nitrogen and oxygen atoms in total. The molecule has 0 unspecified atom stereocenters. The van der Waals surface area contributed by atoms with Gasteiger partial charge in [-0.1, -0.05) is 12.1 Å². The minimum absolute atomic E-state index is 0.0518. The maximum atomic E-state index is 6.11. The third kappa shape index (κ3) is 1.84. The summed E-state index contributed by atoms with van der Waals surface area (Å²) in [5.74, 6) is 0. The third-order valence-electron chi connectivity index (χ3n) is 3.01. The van der Waals surface area contributed by atoms with Gasteiger partial charge in [0, 0.05) is 5.54 Å². The molecule has 3 rings (SSSR count). The van der Waals surface area contributed by atoms with Crippen molar-refractivity contribution < 1.29 is 0 Å². The van der Waals surface area contributed by atoms with E-state index in [2.05, 4.69) is 22.3 Å². The molecular weight excluding hydrogens is 200 g/mol. The highest BCUT2D eigenvalue weighted by Crippen LogP contribution is 2.35. The second kappa shape index (κ2) is 3.42. The first kappa shape index (κ1) is 9.54. The van der Waals surface area contributed by atoms with Crippen LogP contribution in [-0.4, -0.2) is 20.5 Å². The van der Waals surface area contributed by atoms with Gasteiger partial charge in [0.2, 0.25) is 0 Å². The molecule has 0 spiro atoms. The lowest BCUT2D eigenvalue weighted by molar-refractivity contribution is 0.670. The van der Waals surface area contributed by atoms with E-state index in [1.807, 2.05) is 12.1 Å². The van der Waals surface area contributed by atoms with Gasteiger partial charge in [-0.25, -0.2) is 0 Å². The standard InChI is InChI=1S/C12H14N4/c13-12(4-5-12)9-10-2-1-3-11(8-10)16-14-6-7-15-16/h1-3,6-8H,4-5,9,13H2.